The summed E-state index contributed by atoms with van der Waals surface area (Å²) in [7, 11) is 0. The van der Waals surface area contributed by atoms with E-state index in [1.165, 1.54) is 6.21 Å². The van der Waals surface area contributed by atoms with Crippen molar-refractivity contribution in [1.82, 2.24) is 5.43 Å². The fourth-order valence-corrected chi connectivity index (χ4v) is 3.67. The van der Waals surface area contributed by atoms with Gasteiger partial charge in [-0.05, 0) is 36.8 Å². The van der Waals surface area contributed by atoms with E-state index in [-0.39, 0.29) is 0 Å². The third kappa shape index (κ3) is 3.83. The van der Waals surface area contributed by atoms with Crippen LogP contribution in [0.15, 0.2) is 39.9 Å². The number of amides is 1. The quantitative estimate of drug-likeness (QED) is 0.466. The number of nitrogens with two attached hydrogens (primary N) is 1. The standard InChI is InChI=1S/C18H12Cl2N4O2S/c1-9-12(7-21)17(22)27-16(9)18(25)24-23-8-10-5-6-14(26-10)11-3-2-4-13(19)15(11)20/h2-6,8H,22H2,1H3,(H,24,25)/b23-8-. The summed E-state index contributed by atoms with van der Waals surface area (Å²) in [6, 6.07) is 10.6. The molecule has 3 aromatic rings. The molecular formula is C18H12Cl2N4O2S. The van der Waals surface area contributed by atoms with Gasteiger partial charge >= 0.3 is 0 Å². The van der Waals surface area contributed by atoms with Crippen LogP contribution < -0.4 is 11.2 Å². The molecule has 3 rings (SSSR count). The highest BCUT2D eigenvalue weighted by Gasteiger charge is 2.18. The van der Waals surface area contributed by atoms with E-state index < -0.39 is 5.91 Å². The zero-order valence-electron chi connectivity index (χ0n) is 13.9. The molecule has 0 spiro atoms. The van der Waals surface area contributed by atoms with Crippen molar-refractivity contribution in [3.8, 4) is 17.4 Å². The van der Waals surface area contributed by atoms with Crippen LogP contribution in [0.2, 0.25) is 10.0 Å². The molecule has 0 aliphatic carbocycles. The summed E-state index contributed by atoms with van der Waals surface area (Å²) in [4.78, 5) is 12.5. The summed E-state index contributed by atoms with van der Waals surface area (Å²) >= 11 is 13.2. The predicted octanol–water partition coefficient (Wildman–Crippen LogP) is 4.84. The fraction of sp³-hybridized carbons (Fsp3) is 0.0556. The molecule has 1 amide bonds. The average molecular weight is 419 g/mol. The highest BCUT2D eigenvalue weighted by Crippen LogP contribution is 2.34. The van der Waals surface area contributed by atoms with E-state index in [1.54, 1.807) is 37.3 Å². The monoisotopic (exact) mass is 418 g/mol. The molecule has 0 aliphatic heterocycles. The van der Waals surface area contributed by atoms with Gasteiger partial charge in [0.15, 0.2) is 0 Å². The van der Waals surface area contributed by atoms with Crippen molar-refractivity contribution in [2.75, 3.05) is 5.73 Å². The van der Waals surface area contributed by atoms with Gasteiger partial charge in [0.05, 0.1) is 21.8 Å². The number of hydrogen-bond acceptors (Lipinski definition) is 6. The van der Waals surface area contributed by atoms with Gasteiger partial charge in [-0.3, -0.25) is 4.79 Å². The number of anilines is 1. The Morgan fingerprint density at radius 2 is 2.15 bits per heavy atom. The van der Waals surface area contributed by atoms with E-state index in [0.29, 0.717) is 48.1 Å². The lowest BCUT2D eigenvalue weighted by molar-refractivity contribution is 0.0958. The van der Waals surface area contributed by atoms with Gasteiger partial charge in [0, 0.05) is 5.56 Å². The number of benzene rings is 1. The minimum atomic E-state index is -0.452. The Bertz CT molecular complexity index is 1100. The first-order valence-corrected chi connectivity index (χ1v) is 9.16. The van der Waals surface area contributed by atoms with Crippen LogP contribution in [-0.2, 0) is 0 Å². The number of carbonyl (C=O) groups is 1. The van der Waals surface area contributed by atoms with Crippen molar-refractivity contribution in [3.63, 3.8) is 0 Å². The number of thiophene rings is 1. The zero-order valence-corrected chi connectivity index (χ0v) is 16.2. The molecule has 0 unspecified atom stereocenters. The number of rotatable bonds is 4. The largest absolute Gasteiger partial charge is 0.455 e. The normalized spacial score (nSPS) is 10.9. The van der Waals surface area contributed by atoms with E-state index in [9.17, 15) is 4.79 Å². The highest BCUT2D eigenvalue weighted by molar-refractivity contribution is 7.18. The first kappa shape index (κ1) is 19.0. The summed E-state index contributed by atoms with van der Waals surface area (Å²) in [6.07, 6.45) is 1.36. The lowest BCUT2D eigenvalue weighted by Crippen LogP contribution is -2.17. The third-order valence-corrected chi connectivity index (χ3v) is 5.63. The summed E-state index contributed by atoms with van der Waals surface area (Å²) in [5.41, 5.74) is 9.62. The van der Waals surface area contributed by atoms with Gasteiger partial charge in [-0.1, -0.05) is 29.3 Å². The Labute approximate surface area is 168 Å². The first-order chi connectivity index (χ1) is 12.9. The molecule has 136 valence electrons. The van der Waals surface area contributed by atoms with Crippen LogP contribution in [0.3, 0.4) is 0 Å². The van der Waals surface area contributed by atoms with Crippen LogP contribution in [0.5, 0.6) is 0 Å². The van der Waals surface area contributed by atoms with Crippen LogP contribution in [0.25, 0.3) is 11.3 Å². The van der Waals surface area contributed by atoms with Crippen molar-refractivity contribution < 1.29 is 9.21 Å². The molecule has 3 N–H and O–H groups in total. The smallest absolute Gasteiger partial charge is 0.281 e. The number of hydrogen-bond donors (Lipinski definition) is 2. The van der Waals surface area contributed by atoms with Gasteiger partial charge in [-0.2, -0.15) is 10.4 Å². The second-order valence-corrected chi connectivity index (χ2v) is 7.25. The Hall–Kier alpha value is -2.79. The molecule has 0 aliphatic rings. The second kappa shape index (κ2) is 7.84. The second-order valence-electron chi connectivity index (χ2n) is 5.41. The van der Waals surface area contributed by atoms with Gasteiger partial charge in [0.1, 0.15) is 27.5 Å². The number of nitriles is 1. The van der Waals surface area contributed by atoms with Gasteiger partial charge in [-0.25, -0.2) is 5.43 Å². The van der Waals surface area contributed by atoms with Crippen LogP contribution >= 0.6 is 34.5 Å². The van der Waals surface area contributed by atoms with Crippen LogP contribution in [0.4, 0.5) is 5.00 Å². The molecule has 0 fully saturated rings. The number of nitrogen functional groups attached to an aromatic ring is 1. The third-order valence-electron chi connectivity index (χ3n) is 3.69. The Morgan fingerprint density at radius 1 is 1.37 bits per heavy atom. The maximum absolute atomic E-state index is 12.2. The maximum Gasteiger partial charge on any atom is 0.281 e. The average Bonchev–Trinajstić information content (AvgIpc) is 3.21. The van der Waals surface area contributed by atoms with E-state index in [2.05, 4.69) is 10.5 Å². The molecule has 6 nitrogen and oxygen atoms in total. The highest BCUT2D eigenvalue weighted by atomic mass is 35.5. The van der Waals surface area contributed by atoms with Crippen molar-refractivity contribution >= 4 is 51.7 Å². The topological polar surface area (TPSA) is 104 Å². The van der Waals surface area contributed by atoms with Crippen molar-refractivity contribution in [1.29, 1.82) is 5.26 Å². The first-order valence-electron chi connectivity index (χ1n) is 7.59. The lowest BCUT2D eigenvalue weighted by Gasteiger charge is -2.01. The van der Waals surface area contributed by atoms with Crippen molar-refractivity contribution in [3.05, 3.63) is 62.1 Å². The maximum atomic E-state index is 12.2. The SMILES string of the molecule is Cc1c(C(=O)N/N=C\c2ccc(-c3cccc(Cl)c3Cl)o2)sc(N)c1C#N. The number of furan rings is 1. The molecule has 0 radical (unpaired) electrons. The van der Waals surface area contributed by atoms with Gasteiger partial charge < -0.3 is 10.2 Å². The minimum absolute atomic E-state index is 0.304. The number of hydrazone groups is 1. The van der Waals surface area contributed by atoms with Gasteiger partial charge in [-0.15, -0.1) is 11.3 Å². The Kier molecular flexibility index (Phi) is 5.51. The molecule has 2 heterocycles. The number of carbonyl (C=O) groups excluding carboxylic acids is 1. The molecule has 9 heteroatoms. The molecule has 0 saturated carbocycles. The Morgan fingerprint density at radius 3 is 2.85 bits per heavy atom. The molecule has 0 atom stereocenters. The molecule has 2 aromatic heterocycles. The predicted molar refractivity (Wildman–Crippen MR) is 107 cm³/mol. The zero-order chi connectivity index (χ0) is 19.6. The van der Waals surface area contributed by atoms with Crippen LogP contribution in [0.1, 0.15) is 26.6 Å². The molecule has 27 heavy (non-hydrogen) atoms. The van der Waals surface area contributed by atoms with E-state index >= 15 is 0 Å². The number of nitrogens with zero attached hydrogens (tertiary/aromatic N) is 2. The molecular weight excluding hydrogens is 407 g/mol. The van der Waals surface area contributed by atoms with Crippen LogP contribution in [-0.4, -0.2) is 12.1 Å². The van der Waals surface area contributed by atoms with Gasteiger partial charge in [0.2, 0.25) is 0 Å². The lowest BCUT2D eigenvalue weighted by atomic mass is 10.2. The van der Waals surface area contributed by atoms with E-state index in [4.69, 9.17) is 38.6 Å². The van der Waals surface area contributed by atoms with Crippen molar-refractivity contribution in [2.45, 2.75) is 6.92 Å². The summed E-state index contributed by atoms with van der Waals surface area (Å²) in [5.74, 6) is 0.490. The van der Waals surface area contributed by atoms with E-state index in [1.807, 2.05) is 6.07 Å². The summed E-state index contributed by atoms with van der Waals surface area (Å²) in [5, 5.41) is 14.0. The number of halogens is 2. The minimum Gasteiger partial charge on any atom is -0.455 e. The van der Waals surface area contributed by atoms with Gasteiger partial charge in [0.25, 0.3) is 5.91 Å². The van der Waals surface area contributed by atoms with Crippen LogP contribution in [0, 0.1) is 18.3 Å². The fourth-order valence-electron chi connectivity index (χ4n) is 2.36. The molecule has 0 saturated heterocycles. The van der Waals surface area contributed by atoms with E-state index in [0.717, 1.165) is 11.3 Å². The Balaban J connectivity index is 1.73. The summed E-state index contributed by atoms with van der Waals surface area (Å²) in [6.45, 7) is 1.66. The molecule has 0 bridgehead atoms. The molecule has 1 aromatic carbocycles. The number of nitrogens with one attached hydrogen (secondary N) is 1. The van der Waals surface area contributed by atoms with Crippen molar-refractivity contribution in [2.24, 2.45) is 5.10 Å². The summed E-state index contributed by atoms with van der Waals surface area (Å²) < 4.78 is 5.65.